The molecule has 1 heterocycles. The highest BCUT2D eigenvalue weighted by molar-refractivity contribution is 7.17. The number of carbonyl (C=O) groups excluding carboxylic acids is 1. The number of methoxy groups -OCH3 is 1. The Hall–Kier alpha value is -1.46. The molecule has 0 saturated heterocycles. The summed E-state index contributed by atoms with van der Waals surface area (Å²) >= 11 is 6.78. The molecular weight excluding hydrogens is 277 g/mol. The Morgan fingerprint density at radius 3 is 2.83 bits per heavy atom. The van der Waals surface area contributed by atoms with E-state index in [-0.39, 0.29) is 5.02 Å². The summed E-state index contributed by atoms with van der Waals surface area (Å²) in [5.74, 6) is -0.952. The third-order valence-electron chi connectivity index (χ3n) is 2.33. The Morgan fingerprint density at radius 1 is 1.50 bits per heavy atom. The van der Waals surface area contributed by atoms with E-state index in [2.05, 4.69) is 9.72 Å². The van der Waals surface area contributed by atoms with Crippen LogP contribution in [0.25, 0.3) is 10.6 Å². The van der Waals surface area contributed by atoms with Crippen LogP contribution in [0.1, 0.15) is 15.4 Å². The van der Waals surface area contributed by atoms with Crippen LogP contribution in [0, 0.1) is 12.7 Å². The van der Waals surface area contributed by atoms with Crippen molar-refractivity contribution in [3.8, 4) is 10.6 Å². The van der Waals surface area contributed by atoms with Crippen molar-refractivity contribution < 1.29 is 13.9 Å². The molecule has 0 saturated carbocycles. The van der Waals surface area contributed by atoms with Crippen molar-refractivity contribution in [2.45, 2.75) is 6.92 Å². The highest BCUT2D eigenvalue weighted by atomic mass is 35.5. The molecule has 0 atom stereocenters. The Bertz CT molecular complexity index is 612. The second-order valence-electron chi connectivity index (χ2n) is 3.55. The molecular formula is C12H9ClFNO2S. The number of thiazole rings is 1. The van der Waals surface area contributed by atoms with Gasteiger partial charge in [0.1, 0.15) is 15.7 Å². The van der Waals surface area contributed by atoms with Gasteiger partial charge >= 0.3 is 5.97 Å². The van der Waals surface area contributed by atoms with E-state index in [0.29, 0.717) is 21.1 Å². The number of aryl methyl sites for hydroxylation is 1. The van der Waals surface area contributed by atoms with Gasteiger partial charge in [0.15, 0.2) is 0 Å². The van der Waals surface area contributed by atoms with Crippen LogP contribution in [0.4, 0.5) is 4.39 Å². The maximum atomic E-state index is 13.4. The number of halogens is 2. The van der Waals surface area contributed by atoms with E-state index in [1.807, 2.05) is 0 Å². The number of carbonyl (C=O) groups is 1. The lowest BCUT2D eigenvalue weighted by Crippen LogP contribution is -1.99. The number of aromatic nitrogens is 1. The average Bonchev–Trinajstić information content (AvgIpc) is 2.74. The van der Waals surface area contributed by atoms with Crippen molar-refractivity contribution in [2.24, 2.45) is 0 Å². The number of esters is 1. The number of nitrogens with zero attached hydrogens (tertiary/aromatic N) is 1. The summed E-state index contributed by atoms with van der Waals surface area (Å²) in [6, 6.07) is 4.41. The zero-order chi connectivity index (χ0) is 13.3. The molecule has 0 amide bonds. The second-order valence-corrected chi connectivity index (χ2v) is 4.96. The first-order valence-electron chi connectivity index (χ1n) is 5.04. The van der Waals surface area contributed by atoms with E-state index in [1.54, 1.807) is 13.0 Å². The van der Waals surface area contributed by atoms with Crippen molar-refractivity contribution in [3.63, 3.8) is 0 Å². The van der Waals surface area contributed by atoms with E-state index < -0.39 is 11.8 Å². The van der Waals surface area contributed by atoms with Crippen molar-refractivity contribution in [2.75, 3.05) is 7.11 Å². The molecule has 1 aromatic heterocycles. The van der Waals surface area contributed by atoms with Crippen molar-refractivity contribution in [1.82, 2.24) is 4.98 Å². The Kier molecular flexibility index (Phi) is 3.63. The number of hydrogen-bond donors (Lipinski definition) is 0. The molecule has 0 unspecified atom stereocenters. The molecule has 0 aliphatic carbocycles. The van der Waals surface area contributed by atoms with Crippen molar-refractivity contribution in [3.05, 3.63) is 39.6 Å². The molecule has 94 valence electrons. The lowest BCUT2D eigenvalue weighted by molar-refractivity contribution is 0.0605. The SMILES string of the molecule is COC(=O)c1sc(-c2ccc(Cl)c(F)c2)nc1C. The maximum absolute atomic E-state index is 13.4. The Balaban J connectivity index is 2.45. The van der Waals surface area contributed by atoms with E-state index in [4.69, 9.17) is 11.6 Å². The largest absolute Gasteiger partial charge is 0.465 e. The van der Waals surface area contributed by atoms with Gasteiger partial charge in [-0.1, -0.05) is 17.7 Å². The van der Waals surface area contributed by atoms with E-state index in [0.717, 1.165) is 11.3 Å². The van der Waals surface area contributed by atoms with Gasteiger partial charge < -0.3 is 4.74 Å². The molecule has 2 aromatic rings. The van der Waals surface area contributed by atoms with Gasteiger partial charge in [-0.05, 0) is 19.1 Å². The summed E-state index contributed by atoms with van der Waals surface area (Å²) in [4.78, 5) is 16.1. The monoisotopic (exact) mass is 285 g/mol. The minimum Gasteiger partial charge on any atom is -0.465 e. The minimum atomic E-state index is -0.512. The molecule has 18 heavy (non-hydrogen) atoms. The predicted molar refractivity (Wildman–Crippen MR) is 68.6 cm³/mol. The highest BCUT2D eigenvalue weighted by Gasteiger charge is 2.17. The number of ether oxygens (including phenoxy) is 1. The summed E-state index contributed by atoms with van der Waals surface area (Å²) < 4.78 is 18.0. The van der Waals surface area contributed by atoms with Crippen LogP contribution in [0.15, 0.2) is 18.2 Å². The van der Waals surface area contributed by atoms with E-state index in [1.165, 1.54) is 19.2 Å². The normalized spacial score (nSPS) is 10.4. The standard InChI is InChI=1S/C12H9ClFNO2S/c1-6-10(12(16)17-2)18-11(15-6)7-3-4-8(13)9(14)5-7/h3-5H,1-2H3. The van der Waals surface area contributed by atoms with Gasteiger partial charge in [-0.15, -0.1) is 11.3 Å². The first kappa shape index (κ1) is 13.0. The molecule has 0 spiro atoms. The Labute approximate surface area is 112 Å². The molecule has 2 rings (SSSR count). The van der Waals surface area contributed by atoms with Crippen molar-refractivity contribution >= 4 is 28.9 Å². The van der Waals surface area contributed by atoms with Crippen LogP contribution in [0.5, 0.6) is 0 Å². The molecule has 0 fully saturated rings. The lowest BCUT2D eigenvalue weighted by atomic mass is 10.2. The third kappa shape index (κ3) is 2.37. The van der Waals surface area contributed by atoms with Gasteiger partial charge in [0.05, 0.1) is 17.8 Å². The van der Waals surface area contributed by atoms with Gasteiger partial charge in [0.25, 0.3) is 0 Å². The highest BCUT2D eigenvalue weighted by Crippen LogP contribution is 2.30. The zero-order valence-corrected chi connectivity index (χ0v) is 11.2. The quantitative estimate of drug-likeness (QED) is 0.790. The van der Waals surface area contributed by atoms with Crippen LogP contribution >= 0.6 is 22.9 Å². The number of hydrogen-bond acceptors (Lipinski definition) is 4. The first-order chi connectivity index (χ1) is 8.52. The fraction of sp³-hybridized carbons (Fsp3) is 0.167. The van der Waals surface area contributed by atoms with Gasteiger partial charge in [-0.25, -0.2) is 14.2 Å². The summed E-state index contributed by atoms with van der Waals surface area (Å²) in [5.41, 5.74) is 1.15. The topological polar surface area (TPSA) is 39.2 Å². The summed E-state index contributed by atoms with van der Waals surface area (Å²) in [6.45, 7) is 1.71. The summed E-state index contributed by atoms with van der Waals surface area (Å²) in [6.07, 6.45) is 0. The zero-order valence-electron chi connectivity index (χ0n) is 9.66. The Morgan fingerprint density at radius 2 is 2.22 bits per heavy atom. The van der Waals surface area contributed by atoms with Gasteiger partial charge in [-0.2, -0.15) is 0 Å². The van der Waals surface area contributed by atoms with Crippen molar-refractivity contribution in [1.29, 1.82) is 0 Å². The molecule has 0 N–H and O–H groups in total. The first-order valence-corrected chi connectivity index (χ1v) is 6.23. The van der Waals surface area contributed by atoms with Crippen LogP contribution < -0.4 is 0 Å². The van der Waals surface area contributed by atoms with E-state index >= 15 is 0 Å². The van der Waals surface area contributed by atoms with Crippen LogP contribution in [-0.4, -0.2) is 18.1 Å². The summed E-state index contributed by atoms with van der Waals surface area (Å²) in [7, 11) is 1.31. The molecule has 3 nitrogen and oxygen atoms in total. The molecule has 0 radical (unpaired) electrons. The molecule has 0 aliphatic rings. The van der Waals surface area contributed by atoms with E-state index in [9.17, 15) is 9.18 Å². The number of benzene rings is 1. The minimum absolute atomic E-state index is 0.0558. The van der Waals surface area contributed by atoms with Crippen LogP contribution in [-0.2, 0) is 4.74 Å². The fourth-order valence-corrected chi connectivity index (χ4v) is 2.53. The summed E-state index contributed by atoms with van der Waals surface area (Å²) in [5, 5.41) is 0.615. The molecule has 0 bridgehead atoms. The number of rotatable bonds is 2. The maximum Gasteiger partial charge on any atom is 0.349 e. The lowest BCUT2D eigenvalue weighted by Gasteiger charge is -1.97. The molecule has 0 aliphatic heterocycles. The van der Waals surface area contributed by atoms with Gasteiger partial charge in [0.2, 0.25) is 0 Å². The average molecular weight is 286 g/mol. The van der Waals surface area contributed by atoms with Gasteiger partial charge in [0, 0.05) is 5.56 Å². The van der Waals surface area contributed by atoms with Gasteiger partial charge in [-0.3, -0.25) is 0 Å². The van der Waals surface area contributed by atoms with Crippen LogP contribution in [0.2, 0.25) is 5.02 Å². The second kappa shape index (κ2) is 5.04. The third-order valence-corrected chi connectivity index (χ3v) is 3.83. The molecule has 6 heteroatoms. The smallest absolute Gasteiger partial charge is 0.349 e. The van der Waals surface area contributed by atoms with Crippen LogP contribution in [0.3, 0.4) is 0 Å². The predicted octanol–water partition coefficient (Wildman–Crippen LogP) is 3.70. The molecule has 1 aromatic carbocycles. The fourth-order valence-electron chi connectivity index (χ4n) is 1.43.